The molecule has 8 nitrogen and oxygen atoms in total. The third-order valence-electron chi connectivity index (χ3n) is 5.05. The summed E-state index contributed by atoms with van der Waals surface area (Å²) >= 11 is 0. The van der Waals surface area contributed by atoms with Crippen LogP contribution >= 0.6 is 15.6 Å². The summed E-state index contributed by atoms with van der Waals surface area (Å²) < 4.78 is 36.1. The molecule has 0 unspecified atom stereocenters. The van der Waals surface area contributed by atoms with E-state index in [9.17, 15) is 14.0 Å². The first kappa shape index (κ1) is 36.4. The molecule has 0 heterocycles. The average Bonchev–Trinajstić information content (AvgIpc) is 2.69. The minimum absolute atomic E-state index is 0.155. The summed E-state index contributed by atoms with van der Waals surface area (Å²) in [7, 11) is -8.06. The fourth-order valence-corrected chi connectivity index (χ4v) is 4.24. The highest BCUT2D eigenvalue weighted by Crippen LogP contribution is 2.43. The van der Waals surface area contributed by atoms with Crippen LogP contribution in [0.4, 0.5) is 0 Å². The molecule has 0 spiro atoms. The summed E-state index contributed by atoms with van der Waals surface area (Å²) in [5, 5.41) is 0. The summed E-state index contributed by atoms with van der Waals surface area (Å²) in [6, 6.07) is 0. The lowest BCUT2D eigenvalue weighted by Crippen LogP contribution is -1.99. The quantitative estimate of drug-likeness (QED) is 0.101. The fraction of sp³-hybridized carbons (Fsp3) is 1.00. The van der Waals surface area contributed by atoms with Crippen LogP contribution in [0.5, 0.6) is 0 Å². The molecule has 0 saturated carbocycles. The van der Waals surface area contributed by atoms with Crippen LogP contribution in [0.15, 0.2) is 0 Å². The van der Waals surface area contributed by atoms with Crippen molar-refractivity contribution in [3.63, 3.8) is 0 Å². The zero-order valence-electron chi connectivity index (χ0n) is 22.6. The van der Waals surface area contributed by atoms with Gasteiger partial charge in [-0.2, -0.15) is 0 Å². The van der Waals surface area contributed by atoms with Crippen molar-refractivity contribution in [2.75, 3.05) is 19.8 Å². The van der Waals surface area contributed by atoms with E-state index in [4.69, 9.17) is 18.8 Å². The molecule has 208 valence electrons. The van der Waals surface area contributed by atoms with Crippen LogP contribution in [0.2, 0.25) is 0 Å². The van der Waals surface area contributed by atoms with Gasteiger partial charge < -0.3 is 14.7 Å². The Kier molecular flexibility index (Phi) is 24.0. The van der Waals surface area contributed by atoms with Crippen molar-refractivity contribution < 1.29 is 37.4 Å². The van der Waals surface area contributed by atoms with Crippen molar-refractivity contribution in [2.45, 2.75) is 119 Å². The molecule has 0 aromatic rings. The second-order valence-electron chi connectivity index (χ2n) is 10.2. The molecular formula is C24H54O8P2. The largest absolute Gasteiger partial charge is 0.472 e. The Morgan fingerprint density at radius 2 is 0.794 bits per heavy atom. The summed E-state index contributed by atoms with van der Waals surface area (Å²) in [4.78, 5) is 26.2. The predicted octanol–water partition coefficient (Wildman–Crippen LogP) is 7.86. The van der Waals surface area contributed by atoms with Crippen molar-refractivity contribution >= 4 is 15.6 Å². The van der Waals surface area contributed by atoms with Crippen molar-refractivity contribution in [1.29, 1.82) is 0 Å². The van der Waals surface area contributed by atoms with Crippen molar-refractivity contribution in [2.24, 2.45) is 17.8 Å². The molecule has 0 aliphatic rings. The van der Waals surface area contributed by atoms with E-state index in [-0.39, 0.29) is 6.61 Å². The second kappa shape index (κ2) is 22.4. The van der Waals surface area contributed by atoms with Crippen LogP contribution in [0, 0.1) is 17.8 Å². The molecule has 0 atom stereocenters. The van der Waals surface area contributed by atoms with Crippen LogP contribution in [0.3, 0.4) is 0 Å². The van der Waals surface area contributed by atoms with E-state index in [2.05, 4.69) is 46.1 Å². The van der Waals surface area contributed by atoms with Crippen LogP contribution < -0.4 is 0 Å². The molecule has 10 heteroatoms. The summed E-state index contributed by atoms with van der Waals surface area (Å²) in [5.41, 5.74) is 0. The van der Waals surface area contributed by atoms with Gasteiger partial charge in [-0.05, 0) is 37.0 Å². The zero-order valence-corrected chi connectivity index (χ0v) is 24.4. The lowest BCUT2D eigenvalue weighted by atomic mass is 10.1. The van der Waals surface area contributed by atoms with Crippen LogP contribution in [0.25, 0.3) is 0 Å². The highest BCUT2D eigenvalue weighted by Gasteiger charge is 2.20. The molecule has 0 saturated heterocycles. The molecule has 0 amide bonds. The summed E-state index contributed by atoms with van der Waals surface area (Å²) in [6.07, 6.45) is 12.3. The lowest BCUT2D eigenvalue weighted by molar-refractivity contribution is 0.145. The predicted molar refractivity (Wildman–Crippen MR) is 140 cm³/mol. The molecule has 3 N–H and O–H groups in total. The van der Waals surface area contributed by atoms with Crippen molar-refractivity contribution in [3.05, 3.63) is 0 Å². The first-order chi connectivity index (χ1) is 15.7. The maximum absolute atomic E-state index is 11.6. The highest BCUT2D eigenvalue weighted by molar-refractivity contribution is 7.47. The van der Waals surface area contributed by atoms with Gasteiger partial charge in [-0.3, -0.25) is 13.6 Å². The number of rotatable bonds is 21. The third kappa shape index (κ3) is 34.4. The van der Waals surface area contributed by atoms with Gasteiger partial charge in [0.2, 0.25) is 0 Å². The van der Waals surface area contributed by atoms with Crippen LogP contribution in [-0.4, -0.2) is 34.5 Å². The van der Waals surface area contributed by atoms with E-state index in [1.807, 2.05) is 0 Å². The van der Waals surface area contributed by atoms with Gasteiger partial charge in [0, 0.05) is 0 Å². The maximum atomic E-state index is 11.6. The first-order valence-corrected chi connectivity index (χ1v) is 16.1. The Morgan fingerprint density at radius 3 is 1.06 bits per heavy atom. The normalized spacial score (nSPS) is 12.5. The fourth-order valence-electron chi connectivity index (χ4n) is 3.07. The first-order valence-electron chi connectivity index (χ1n) is 13.1. The standard InChI is InChI=1S/C16H35O4P.C8H19O4P/c1-15(2)11-7-5-9-13-19-21(17,18)20-14-10-6-8-12-16(3)4;1-8(2)6-4-3-5-7-12-13(9,10)11/h15-16H,5-14H2,1-4H3,(H,17,18);8H,3-7H2,1-2H3,(H2,9,10,11). The van der Waals surface area contributed by atoms with Crippen molar-refractivity contribution in [1.82, 2.24) is 0 Å². The van der Waals surface area contributed by atoms with Crippen molar-refractivity contribution in [3.8, 4) is 0 Å². The molecular weight excluding hydrogens is 478 g/mol. The number of hydrogen-bond acceptors (Lipinski definition) is 5. The molecule has 0 radical (unpaired) electrons. The van der Waals surface area contributed by atoms with Gasteiger partial charge in [0.05, 0.1) is 19.8 Å². The maximum Gasteiger partial charge on any atom is 0.472 e. The Hall–Kier alpha value is 0.220. The highest BCUT2D eigenvalue weighted by atomic mass is 31.2. The molecule has 0 aromatic heterocycles. The molecule has 0 aliphatic heterocycles. The number of hydrogen-bond donors (Lipinski definition) is 3. The Balaban J connectivity index is 0. The summed E-state index contributed by atoms with van der Waals surface area (Å²) in [5.74, 6) is 2.13. The Bertz CT molecular complexity index is 511. The van der Waals surface area contributed by atoms with E-state index >= 15 is 0 Å². The van der Waals surface area contributed by atoms with Gasteiger partial charge in [-0.25, -0.2) is 9.13 Å². The Labute approximate surface area is 209 Å². The third-order valence-corrected chi connectivity index (χ3v) is 6.58. The lowest BCUT2D eigenvalue weighted by Gasteiger charge is -2.12. The molecule has 0 rings (SSSR count). The van der Waals surface area contributed by atoms with E-state index in [1.165, 1.54) is 12.8 Å². The molecule has 34 heavy (non-hydrogen) atoms. The van der Waals surface area contributed by atoms with Crippen LogP contribution in [0.1, 0.15) is 119 Å². The van der Waals surface area contributed by atoms with Gasteiger partial charge in [0.15, 0.2) is 0 Å². The molecule has 0 fully saturated rings. The minimum Gasteiger partial charge on any atom is -0.303 e. The van der Waals surface area contributed by atoms with Gasteiger partial charge in [-0.15, -0.1) is 0 Å². The smallest absolute Gasteiger partial charge is 0.303 e. The molecule has 0 aromatic carbocycles. The topological polar surface area (TPSA) is 123 Å². The van der Waals surface area contributed by atoms with Crippen LogP contribution in [-0.2, 0) is 22.7 Å². The number of phosphoric acid groups is 2. The molecule has 0 bridgehead atoms. The SMILES string of the molecule is CC(C)CCCCCOP(=O)(O)O.CC(C)CCCCCOP(=O)(O)OCCCCCC(C)C. The van der Waals surface area contributed by atoms with Gasteiger partial charge in [0.1, 0.15) is 0 Å². The minimum atomic E-state index is -4.23. The zero-order chi connectivity index (χ0) is 26.5. The average molecular weight is 533 g/mol. The number of phosphoric ester groups is 2. The van der Waals surface area contributed by atoms with E-state index < -0.39 is 15.6 Å². The van der Waals surface area contributed by atoms with Gasteiger partial charge >= 0.3 is 15.6 Å². The summed E-state index contributed by atoms with van der Waals surface area (Å²) in [6.45, 7) is 13.9. The number of unbranched alkanes of at least 4 members (excludes halogenated alkanes) is 6. The monoisotopic (exact) mass is 532 g/mol. The van der Waals surface area contributed by atoms with Gasteiger partial charge in [0.25, 0.3) is 0 Å². The Morgan fingerprint density at radius 1 is 0.500 bits per heavy atom. The van der Waals surface area contributed by atoms with E-state index in [0.29, 0.717) is 31.0 Å². The second-order valence-corrected chi connectivity index (χ2v) is 12.9. The molecule has 0 aliphatic carbocycles. The van der Waals surface area contributed by atoms with Gasteiger partial charge in [-0.1, -0.05) is 99.3 Å². The van der Waals surface area contributed by atoms with E-state index in [1.54, 1.807) is 0 Å². The van der Waals surface area contributed by atoms with E-state index in [0.717, 1.165) is 64.2 Å².